The molecular formula is C24H21ClN4O4. The Balaban J connectivity index is 1.25. The monoisotopic (exact) mass is 464 g/mol. The zero-order valence-electron chi connectivity index (χ0n) is 17.7. The molecule has 0 saturated heterocycles. The van der Waals surface area contributed by atoms with E-state index in [2.05, 4.69) is 20.9 Å². The van der Waals surface area contributed by atoms with E-state index >= 15 is 0 Å². The fourth-order valence-corrected chi connectivity index (χ4v) is 3.24. The van der Waals surface area contributed by atoms with E-state index in [0.29, 0.717) is 30.2 Å². The van der Waals surface area contributed by atoms with E-state index in [4.69, 9.17) is 20.4 Å². The van der Waals surface area contributed by atoms with Crippen LogP contribution in [-0.2, 0) is 6.42 Å². The summed E-state index contributed by atoms with van der Waals surface area (Å²) in [6.07, 6.45) is 3.51. The summed E-state index contributed by atoms with van der Waals surface area (Å²) in [6.45, 7) is 2.39. The van der Waals surface area contributed by atoms with E-state index in [9.17, 15) is 9.59 Å². The molecule has 0 unspecified atom stereocenters. The van der Waals surface area contributed by atoms with Crippen molar-refractivity contribution in [2.24, 2.45) is 0 Å². The zero-order valence-corrected chi connectivity index (χ0v) is 18.5. The number of aromatic nitrogens is 1. The summed E-state index contributed by atoms with van der Waals surface area (Å²) in [5.74, 6) is 0.299. The number of furan rings is 1. The van der Waals surface area contributed by atoms with Gasteiger partial charge in [-0.2, -0.15) is 0 Å². The Morgan fingerprint density at radius 2 is 1.85 bits per heavy atom. The van der Waals surface area contributed by atoms with E-state index in [1.165, 1.54) is 6.26 Å². The second kappa shape index (κ2) is 10.1. The molecule has 2 aromatic heterocycles. The highest BCUT2D eigenvalue weighted by Crippen LogP contribution is 2.26. The number of amides is 3. The van der Waals surface area contributed by atoms with Crippen molar-refractivity contribution in [1.29, 1.82) is 0 Å². The summed E-state index contributed by atoms with van der Waals surface area (Å²) in [6, 6.07) is 15.5. The minimum Gasteiger partial charge on any atom is -0.459 e. The molecule has 0 saturated carbocycles. The maximum atomic E-state index is 12.2. The first-order valence-corrected chi connectivity index (χ1v) is 10.6. The van der Waals surface area contributed by atoms with Crippen LogP contribution < -0.4 is 16.0 Å². The largest absolute Gasteiger partial charge is 0.459 e. The average molecular weight is 465 g/mol. The number of nitrogens with zero attached hydrogens (tertiary/aromatic N) is 1. The summed E-state index contributed by atoms with van der Waals surface area (Å²) < 4.78 is 10.6. The van der Waals surface area contributed by atoms with Gasteiger partial charge in [-0.15, -0.1) is 0 Å². The van der Waals surface area contributed by atoms with Crippen LogP contribution in [0.2, 0.25) is 5.02 Å². The molecule has 168 valence electrons. The second-order valence-corrected chi connectivity index (χ2v) is 7.67. The highest BCUT2D eigenvalue weighted by molar-refractivity contribution is 6.34. The predicted octanol–water partition coefficient (Wildman–Crippen LogP) is 5.51. The molecule has 0 bridgehead atoms. The topological polar surface area (TPSA) is 109 Å². The number of oxazole rings is 1. The molecule has 4 aromatic rings. The smallest absolute Gasteiger partial charge is 0.319 e. The molecular weight excluding hydrogens is 444 g/mol. The van der Waals surface area contributed by atoms with Crippen molar-refractivity contribution in [2.75, 3.05) is 17.2 Å². The molecule has 0 fully saturated rings. The van der Waals surface area contributed by atoms with Crippen LogP contribution in [0.25, 0.3) is 11.5 Å². The Hall–Kier alpha value is -4.04. The highest BCUT2D eigenvalue weighted by atomic mass is 35.5. The van der Waals surface area contributed by atoms with Crippen LogP contribution >= 0.6 is 11.6 Å². The van der Waals surface area contributed by atoms with Gasteiger partial charge < -0.3 is 24.8 Å². The first-order chi connectivity index (χ1) is 16.0. The third kappa shape index (κ3) is 5.81. The number of nitrogens with one attached hydrogen (secondary N) is 3. The molecule has 0 aliphatic heterocycles. The Labute approximate surface area is 195 Å². The lowest BCUT2D eigenvalue weighted by Gasteiger charge is -2.10. The normalized spacial score (nSPS) is 10.6. The van der Waals surface area contributed by atoms with Crippen LogP contribution in [0.1, 0.15) is 21.8 Å². The van der Waals surface area contributed by atoms with Gasteiger partial charge in [-0.1, -0.05) is 29.3 Å². The van der Waals surface area contributed by atoms with Crippen molar-refractivity contribution < 1.29 is 18.4 Å². The number of halogens is 1. The van der Waals surface area contributed by atoms with Gasteiger partial charge in [0, 0.05) is 24.2 Å². The maximum absolute atomic E-state index is 12.2. The van der Waals surface area contributed by atoms with E-state index in [1.54, 1.807) is 36.6 Å². The van der Waals surface area contributed by atoms with Crippen LogP contribution in [0.3, 0.4) is 0 Å². The summed E-state index contributed by atoms with van der Waals surface area (Å²) in [5, 5.41) is 8.40. The lowest BCUT2D eigenvalue weighted by atomic mass is 10.1. The minimum absolute atomic E-state index is 0.172. The Morgan fingerprint density at radius 1 is 1.03 bits per heavy atom. The quantitative estimate of drug-likeness (QED) is 0.334. The van der Waals surface area contributed by atoms with Gasteiger partial charge in [-0.25, -0.2) is 9.78 Å². The summed E-state index contributed by atoms with van der Waals surface area (Å²) in [4.78, 5) is 28.7. The number of rotatable bonds is 7. The number of aryl methyl sites for hydroxylation is 1. The molecule has 9 heteroatoms. The van der Waals surface area contributed by atoms with Crippen LogP contribution in [0, 0.1) is 6.92 Å². The summed E-state index contributed by atoms with van der Waals surface area (Å²) in [5.41, 5.74) is 3.69. The molecule has 2 heterocycles. The molecule has 2 aromatic carbocycles. The first-order valence-electron chi connectivity index (χ1n) is 10.2. The second-order valence-electron chi connectivity index (χ2n) is 7.27. The lowest BCUT2D eigenvalue weighted by molar-refractivity contribution is 0.0996. The molecule has 0 atom stereocenters. The molecule has 3 N–H and O–H groups in total. The maximum Gasteiger partial charge on any atom is 0.319 e. The molecule has 33 heavy (non-hydrogen) atoms. The Morgan fingerprint density at radius 3 is 2.58 bits per heavy atom. The van der Waals surface area contributed by atoms with Gasteiger partial charge in [-0.3, -0.25) is 4.79 Å². The van der Waals surface area contributed by atoms with Crippen molar-refractivity contribution in [2.45, 2.75) is 13.3 Å². The predicted molar refractivity (Wildman–Crippen MR) is 126 cm³/mol. The molecule has 4 rings (SSSR count). The van der Waals surface area contributed by atoms with E-state index in [1.807, 2.05) is 31.2 Å². The van der Waals surface area contributed by atoms with Crippen molar-refractivity contribution in [3.8, 4) is 11.5 Å². The fourth-order valence-electron chi connectivity index (χ4n) is 3.02. The van der Waals surface area contributed by atoms with E-state index in [-0.39, 0.29) is 16.8 Å². The van der Waals surface area contributed by atoms with Gasteiger partial charge in [0.2, 0.25) is 5.89 Å². The first kappa shape index (κ1) is 22.2. The van der Waals surface area contributed by atoms with E-state index < -0.39 is 5.91 Å². The molecule has 0 aliphatic carbocycles. The summed E-state index contributed by atoms with van der Waals surface area (Å²) in [7, 11) is 0. The number of carbonyl (C=O) groups is 2. The SMILES string of the molecule is Cc1ccc(-c2nc(CCNC(=O)Nc3ccc(NC(=O)c4ccco4)c(Cl)c3)co2)cc1. The third-order valence-corrected chi connectivity index (χ3v) is 5.05. The average Bonchev–Trinajstić information content (AvgIpc) is 3.49. The third-order valence-electron chi connectivity index (χ3n) is 4.74. The van der Waals surface area contributed by atoms with Crippen molar-refractivity contribution in [3.63, 3.8) is 0 Å². The van der Waals surface area contributed by atoms with Gasteiger partial charge in [0.25, 0.3) is 5.91 Å². The minimum atomic E-state index is -0.418. The van der Waals surface area contributed by atoms with E-state index in [0.717, 1.165) is 16.8 Å². The Kier molecular flexibility index (Phi) is 6.75. The van der Waals surface area contributed by atoms with Gasteiger partial charge in [-0.05, 0) is 49.4 Å². The molecule has 8 nitrogen and oxygen atoms in total. The number of benzene rings is 2. The standard InChI is InChI=1S/C24H21ClN4O4/c1-15-4-6-16(7-5-15)23-27-18(14-33-23)10-11-26-24(31)28-17-8-9-20(19(25)13-17)29-22(30)21-3-2-12-32-21/h2-9,12-14H,10-11H2,1H3,(H,29,30)(H2,26,28,31). The highest BCUT2D eigenvalue weighted by Gasteiger charge is 2.12. The van der Waals surface area contributed by atoms with Crippen molar-refractivity contribution >= 4 is 34.9 Å². The number of hydrogen-bond acceptors (Lipinski definition) is 5. The van der Waals surface area contributed by atoms with Gasteiger partial charge in [0.1, 0.15) is 6.26 Å². The van der Waals surface area contributed by atoms with Crippen LogP contribution in [0.5, 0.6) is 0 Å². The summed E-state index contributed by atoms with van der Waals surface area (Å²) >= 11 is 6.23. The fraction of sp³-hybridized carbons (Fsp3) is 0.125. The number of hydrogen-bond donors (Lipinski definition) is 3. The van der Waals surface area contributed by atoms with Crippen molar-refractivity contribution in [3.05, 3.63) is 89.2 Å². The van der Waals surface area contributed by atoms with Gasteiger partial charge in [0.05, 0.1) is 22.7 Å². The number of anilines is 2. The van der Waals surface area contributed by atoms with Gasteiger partial charge in [0.15, 0.2) is 5.76 Å². The zero-order chi connectivity index (χ0) is 23.2. The van der Waals surface area contributed by atoms with Crippen LogP contribution in [0.15, 0.2) is 76.0 Å². The van der Waals surface area contributed by atoms with Crippen molar-refractivity contribution in [1.82, 2.24) is 10.3 Å². The number of urea groups is 1. The lowest BCUT2D eigenvalue weighted by Crippen LogP contribution is -2.30. The molecule has 0 radical (unpaired) electrons. The van der Waals surface area contributed by atoms with Crippen LogP contribution in [0.4, 0.5) is 16.2 Å². The van der Waals surface area contributed by atoms with Gasteiger partial charge >= 0.3 is 6.03 Å². The molecule has 0 aliphatic rings. The Bertz CT molecular complexity index is 1250. The molecule has 3 amide bonds. The van der Waals surface area contributed by atoms with Crippen LogP contribution in [-0.4, -0.2) is 23.5 Å². The number of carbonyl (C=O) groups excluding carboxylic acids is 2. The molecule has 0 spiro atoms.